The van der Waals surface area contributed by atoms with Crippen molar-refractivity contribution in [1.82, 2.24) is 0 Å². The molecule has 2 heteroatoms. The minimum atomic E-state index is -0.249. The van der Waals surface area contributed by atoms with Crippen molar-refractivity contribution in [3.8, 4) is 0 Å². The highest BCUT2D eigenvalue weighted by atomic mass is 16.6. The van der Waals surface area contributed by atoms with Gasteiger partial charge in [0.2, 0.25) is 0 Å². The summed E-state index contributed by atoms with van der Waals surface area (Å²) in [6.45, 7) is 16.0. The van der Waals surface area contributed by atoms with E-state index in [-0.39, 0.29) is 29.3 Å². The Morgan fingerprint density at radius 3 is 2.76 bits per heavy atom. The predicted octanol–water partition coefficient (Wildman–Crippen LogP) is 3.26. The summed E-state index contributed by atoms with van der Waals surface area (Å²) in [4.78, 5) is 11.7. The quantitative estimate of drug-likeness (QED) is 0.415. The van der Waals surface area contributed by atoms with Crippen LogP contribution >= 0.6 is 0 Å². The van der Waals surface area contributed by atoms with E-state index in [0.717, 1.165) is 18.4 Å². The van der Waals surface area contributed by atoms with E-state index in [1.54, 1.807) is 0 Å². The fourth-order valence-corrected chi connectivity index (χ4v) is 3.22. The number of fused-ring (bicyclic) bond motifs is 1. The minimum absolute atomic E-state index is 0.0583. The lowest BCUT2D eigenvalue weighted by molar-refractivity contribution is -0.142. The maximum atomic E-state index is 11.7. The van der Waals surface area contributed by atoms with Crippen LogP contribution in [0.2, 0.25) is 0 Å². The average Bonchev–Trinajstić information content (AvgIpc) is 2.56. The van der Waals surface area contributed by atoms with Crippen LogP contribution in [0.15, 0.2) is 37.0 Å². The predicted molar refractivity (Wildman–Crippen MR) is 68.4 cm³/mol. The summed E-state index contributed by atoms with van der Waals surface area (Å²) in [6.07, 6.45) is 3.86. The zero-order chi connectivity index (χ0) is 12.8. The summed E-state index contributed by atoms with van der Waals surface area (Å²) in [7, 11) is 0. The Morgan fingerprint density at radius 1 is 1.59 bits per heavy atom. The summed E-state index contributed by atoms with van der Waals surface area (Å²) in [5, 5.41) is 0. The van der Waals surface area contributed by atoms with Crippen molar-refractivity contribution < 1.29 is 9.53 Å². The average molecular weight is 232 g/mol. The SMILES string of the molecule is C=C[C@]1(C)CC[C@@H](C(=C)C)[C@H]2OC(=O)C(=C)[C@H]21. The normalized spacial score (nSPS) is 40.7. The molecule has 17 heavy (non-hydrogen) atoms. The van der Waals surface area contributed by atoms with Crippen molar-refractivity contribution in [3.05, 3.63) is 37.0 Å². The molecule has 0 unspecified atom stereocenters. The number of ether oxygens (including phenoxy) is 1. The molecule has 1 heterocycles. The molecule has 0 radical (unpaired) electrons. The lowest BCUT2D eigenvalue weighted by atomic mass is 9.60. The Kier molecular flexibility index (Phi) is 2.76. The number of esters is 1. The van der Waals surface area contributed by atoms with Crippen LogP contribution in [-0.4, -0.2) is 12.1 Å². The first-order chi connectivity index (χ1) is 7.90. The van der Waals surface area contributed by atoms with E-state index in [1.165, 1.54) is 0 Å². The molecule has 2 aliphatic rings. The van der Waals surface area contributed by atoms with E-state index in [0.29, 0.717) is 5.57 Å². The van der Waals surface area contributed by atoms with Gasteiger partial charge in [-0.15, -0.1) is 6.58 Å². The van der Waals surface area contributed by atoms with Crippen LogP contribution in [0.4, 0.5) is 0 Å². The van der Waals surface area contributed by atoms with Crippen molar-refractivity contribution in [3.63, 3.8) is 0 Å². The highest BCUT2D eigenvalue weighted by molar-refractivity contribution is 5.91. The lowest BCUT2D eigenvalue weighted by Gasteiger charge is -2.43. The molecule has 0 aromatic rings. The van der Waals surface area contributed by atoms with E-state index < -0.39 is 0 Å². The highest BCUT2D eigenvalue weighted by Crippen LogP contribution is 2.53. The van der Waals surface area contributed by atoms with Crippen molar-refractivity contribution in [2.45, 2.75) is 32.8 Å². The van der Waals surface area contributed by atoms with Crippen LogP contribution in [0.25, 0.3) is 0 Å². The van der Waals surface area contributed by atoms with E-state index in [4.69, 9.17) is 4.74 Å². The number of allylic oxidation sites excluding steroid dienone is 1. The Bertz CT molecular complexity index is 407. The van der Waals surface area contributed by atoms with Gasteiger partial charge in [0.05, 0.1) is 0 Å². The van der Waals surface area contributed by atoms with E-state index >= 15 is 0 Å². The van der Waals surface area contributed by atoms with Gasteiger partial charge in [0.25, 0.3) is 0 Å². The summed E-state index contributed by atoms with van der Waals surface area (Å²) in [5.41, 5.74) is 1.61. The van der Waals surface area contributed by atoms with Gasteiger partial charge in [0.15, 0.2) is 0 Å². The van der Waals surface area contributed by atoms with Gasteiger partial charge in [-0.25, -0.2) is 4.79 Å². The summed E-state index contributed by atoms with van der Waals surface area (Å²) < 4.78 is 5.50. The zero-order valence-corrected chi connectivity index (χ0v) is 10.7. The van der Waals surface area contributed by atoms with Crippen molar-refractivity contribution in [1.29, 1.82) is 0 Å². The van der Waals surface area contributed by atoms with E-state index in [2.05, 4.69) is 26.7 Å². The second kappa shape index (κ2) is 3.86. The molecule has 2 rings (SSSR count). The molecule has 0 aromatic carbocycles. The molecule has 4 atom stereocenters. The number of carbonyl (C=O) groups is 1. The van der Waals surface area contributed by atoms with Gasteiger partial charge in [-0.1, -0.05) is 31.7 Å². The molecule has 2 nitrogen and oxygen atoms in total. The largest absolute Gasteiger partial charge is 0.458 e. The summed E-state index contributed by atoms with van der Waals surface area (Å²) in [5.74, 6) is 0.0698. The summed E-state index contributed by atoms with van der Waals surface area (Å²) in [6, 6.07) is 0. The standard InChI is InChI=1S/C15H20O2/c1-6-15(5)8-7-11(9(2)3)13-12(15)10(4)14(16)17-13/h6,11-13H,1-2,4,7-8H2,3,5H3/t11-,12+,13+,15+/m0/s1. The van der Waals surface area contributed by atoms with Gasteiger partial charge in [0, 0.05) is 17.4 Å². The van der Waals surface area contributed by atoms with Gasteiger partial charge in [-0.2, -0.15) is 0 Å². The van der Waals surface area contributed by atoms with E-state index in [9.17, 15) is 4.79 Å². The number of rotatable bonds is 2. The Hall–Kier alpha value is -1.31. The van der Waals surface area contributed by atoms with Gasteiger partial charge < -0.3 is 4.74 Å². The smallest absolute Gasteiger partial charge is 0.334 e. The molecule has 0 N–H and O–H groups in total. The third kappa shape index (κ3) is 1.67. The third-order valence-electron chi connectivity index (χ3n) is 4.41. The van der Waals surface area contributed by atoms with Crippen LogP contribution in [0, 0.1) is 17.3 Å². The lowest BCUT2D eigenvalue weighted by Crippen LogP contribution is -2.42. The van der Waals surface area contributed by atoms with E-state index in [1.807, 2.05) is 13.0 Å². The van der Waals surface area contributed by atoms with Crippen molar-refractivity contribution in [2.75, 3.05) is 0 Å². The molecule has 2 fully saturated rings. The maximum Gasteiger partial charge on any atom is 0.334 e. The van der Waals surface area contributed by atoms with Crippen LogP contribution in [0.1, 0.15) is 26.7 Å². The second-order valence-corrected chi connectivity index (χ2v) is 5.57. The maximum absolute atomic E-state index is 11.7. The first-order valence-corrected chi connectivity index (χ1v) is 6.09. The first-order valence-electron chi connectivity index (χ1n) is 6.09. The topological polar surface area (TPSA) is 26.3 Å². The molecule has 0 spiro atoms. The third-order valence-corrected chi connectivity index (χ3v) is 4.41. The molecule has 0 aromatic heterocycles. The summed E-state index contributed by atoms with van der Waals surface area (Å²) >= 11 is 0. The first kappa shape index (κ1) is 12.2. The molecule has 92 valence electrons. The van der Waals surface area contributed by atoms with Crippen molar-refractivity contribution >= 4 is 5.97 Å². The van der Waals surface area contributed by atoms with Crippen molar-refractivity contribution in [2.24, 2.45) is 17.3 Å². The number of hydrogen-bond donors (Lipinski definition) is 0. The Labute approximate surface area is 103 Å². The molecule has 1 aliphatic carbocycles. The number of hydrogen-bond acceptors (Lipinski definition) is 2. The highest BCUT2D eigenvalue weighted by Gasteiger charge is 2.53. The molecule has 0 bridgehead atoms. The molecule has 1 aliphatic heterocycles. The second-order valence-electron chi connectivity index (χ2n) is 5.57. The molecular weight excluding hydrogens is 212 g/mol. The fourth-order valence-electron chi connectivity index (χ4n) is 3.22. The van der Waals surface area contributed by atoms with Crippen LogP contribution in [0.3, 0.4) is 0 Å². The Morgan fingerprint density at radius 2 is 2.24 bits per heavy atom. The molecule has 1 saturated carbocycles. The van der Waals surface area contributed by atoms with Crippen LogP contribution in [0.5, 0.6) is 0 Å². The minimum Gasteiger partial charge on any atom is -0.458 e. The van der Waals surface area contributed by atoms with Gasteiger partial charge in [0.1, 0.15) is 6.10 Å². The zero-order valence-electron chi connectivity index (χ0n) is 10.7. The number of carbonyl (C=O) groups excluding carboxylic acids is 1. The molecule has 1 saturated heterocycles. The molecule has 0 amide bonds. The van der Waals surface area contributed by atoms with Gasteiger partial charge >= 0.3 is 5.97 Å². The van der Waals surface area contributed by atoms with Crippen LogP contribution in [-0.2, 0) is 9.53 Å². The fraction of sp³-hybridized carbons (Fsp3) is 0.533. The Balaban J connectivity index is 2.41. The molecular formula is C15H20O2. The van der Waals surface area contributed by atoms with Crippen LogP contribution < -0.4 is 0 Å². The monoisotopic (exact) mass is 232 g/mol. The van der Waals surface area contributed by atoms with Gasteiger partial charge in [-0.05, 0) is 25.2 Å². The van der Waals surface area contributed by atoms with Gasteiger partial charge in [-0.3, -0.25) is 0 Å².